The molecule has 4 rings (SSSR count). The third kappa shape index (κ3) is 2.82. The number of amides is 1. The van der Waals surface area contributed by atoms with Gasteiger partial charge in [0, 0.05) is 30.2 Å². The second-order valence-electron chi connectivity index (χ2n) is 6.27. The van der Waals surface area contributed by atoms with Crippen molar-refractivity contribution in [2.75, 3.05) is 13.1 Å². The van der Waals surface area contributed by atoms with Crippen molar-refractivity contribution in [2.45, 2.75) is 32.2 Å². The zero-order valence-electron chi connectivity index (χ0n) is 13.7. The van der Waals surface area contributed by atoms with Crippen LogP contribution in [0.15, 0.2) is 36.0 Å². The first-order valence-electron chi connectivity index (χ1n) is 8.31. The van der Waals surface area contributed by atoms with Crippen LogP contribution >= 0.6 is 11.3 Å². The lowest BCUT2D eigenvalue weighted by atomic mass is 10.0. The minimum absolute atomic E-state index is 0.213. The molecule has 0 spiro atoms. The molecule has 0 saturated carbocycles. The number of hydrogen-bond donors (Lipinski definition) is 0. The van der Waals surface area contributed by atoms with Crippen molar-refractivity contribution in [3.63, 3.8) is 0 Å². The Balaban J connectivity index is 1.46. The number of benzene rings is 1. The molecule has 0 aliphatic carbocycles. The van der Waals surface area contributed by atoms with E-state index in [1.807, 2.05) is 11.0 Å². The number of aromatic nitrogens is 3. The van der Waals surface area contributed by atoms with E-state index in [-0.39, 0.29) is 5.91 Å². The van der Waals surface area contributed by atoms with Crippen molar-refractivity contribution in [1.82, 2.24) is 19.4 Å². The molecule has 0 N–H and O–H groups in total. The fourth-order valence-corrected chi connectivity index (χ4v) is 4.18. The van der Waals surface area contributed by atoms with Crippen LogP contribution in [0.1, 0.15) is 29.6 Å². The van der Waals surface area contributed by atoms with Gasteiger partial charge in [-0.05, 0) is 31.9 Å². The van der Waals surface area contributed by atoms with Crippen molar-refractivity contribution in [3.8, 4) is 0 Å². The molecule has 0 radical (unpaired) electrons. The molecule has 1 aliphatic rings. The van der Waals surface area contributed by atoms with Crippen LogP contribution in [-0.2, 0) is 11.2 Å². The molecule has 5 nitrogen and oxygen atoms in total. The van der Waals surface area contributed by atoms with E-state index in [9.17, 15) is 4.79 Å². The van der Waals surface area contributed by atoms with Gasteiger partial charge in [-0.3, -0.25) is 9.78 Å². The normalized spacial score (nSPS) is 16.0. The highest BCUT2D eigenvalue weighted by molar-refractivity contribution is 7.09. The molecule has 0 unspecified atom stereocenters. The Morgan fingerprint density at radius 1 is 1.29 bits per heavy atom. The maximum atomic E-state index is 12.4. The summed E-state index contributed by atoms with van der Waals surface area (Å²) < 4.78 is 2.35. The topological polar surface area (TPSA) is 51.0 Å². The predicted molar refractivity (Wildman–Crippen MR) is 95.1 cm³/mol. The SMILES string of the molecule is Cc1nc2ccccc2n1C1CCN(C(=O)Cc2cncs2)CC1. The first-order chi connectivity index (χ1) is 11.7. The number of fused-ring (bicyclic) bond motifs is 1. The third-order valence-electron chi connectivity index (χ3n) is 4.76. The van der Waals surface area contributed by atoms with Gasteiger partial charge in [-0.15, -0.1) is 11.3 Å². The molecule has 1 saturated heterocycles. The van der Waals surface area contributed by atoms with Gasteiger partial charge in [0.1, 0.15) is 5.82 Å². The summed E-state index contributed by atoms with van der Waals surface area (Å²) >= 11 is 1.55. The summed E-state index contributed by atoms with van der Waals surface area (Å²) in [4.78, 5) is 24.2. The number of aryl methyl sites for hydroxylation is 1. The van der Waals surface area contributed by atoms with E-state index in [0.717, 1.165) is 42.1 Å². The third-order valence-corrected chi connectivity index (χ3v) is 5.54. The number of imidazole rings is 1. The molecule has 0 bridgehead atoms. The smallest absolute Gasteiger partial charge is 0.227 e. The van der Waals surface area contributed by atoms with Crippen LogP contribution < -0.4 is 0 Å². The van der Waals surface area contributed by atoms with Gasteiger partial charge in [0.15, 0.2) is 0 Å². The van der Waals surface area contributed by atoms with E-state index in [4.69, 9.17) is 0 Å². The van der Waals surface area contributed by atoms with Gasteiger partial charge < -0.3 is 9.47 Å². The second kappa shape index (κ2) is 6.36. The molecule has 0 atom stereocenters. The Kier molecular flexibility index (Phi) is 4.06. The van der Waals surface area contributed by atoms with Gasteiger partial charge >= 0.3 is 0 Å². The molecule has 24 heavy (non-hydrogen) atoms. The molecule has 1 fully saturated rings. The number of carbonyl (C=O) groups is 1. The highest BCUT2D eigenvalue weighted by Gasteiger charge is 2.26. The molecule has 1 aromatic carbocycles. The Labute approximate surface area is 145 Å². The van der Waals surface area contributed by atoms with E-state index < -0.39 is 0 Å². The zero-order chi connectivity index (χ0) is 16.5. The Morgan fingerprint density at radius 3 is 2.83 bits per heavy atom. The first-order valence-corrected chi connectivity index (χ1v) is 9.19. The largest absolute Gasteiger partial charge is 0.342 e. The van der Waals surface area contributed by atoms with Crippen molar-refractivity contribution in [3.05, 3.63) is 46.7 Å². The average molecular weight is 340 g/mol. The van der Waals surface area contributed by atoms with E-state index in [2.05, 4.69) is 39.7 Å². The summed E-state index contributed by atoms with van der Waals surface area (Å²) in [6, 6.07) is 8.71. The molecular formula is C18H20N4OS. The summed E-state index contributed by atoms with van der Waals surface area (Å²) in [5.74, 6) is 1.27. The number of thiazole rings is 1. The molecule has 1 amide bonds. The van der Waals surface area contributed by atoms with Crippen molar-refractivity contribution >= 4 is 28.3 Å². The van der Waals surface area contributed by atoms with Gasteiger partial charge in [0.05, 0.1) is 23.0 Å². The van der Waals surface area contributed by atoms with Crippen molar-refractivity contribution in [1.29, 1.82) is 0 Å². The van der Waals surface area contributed by atoms with Gasteiger partial charge in [-0.2, -0.15) is 0 Å². The van der Waals surface area contributed by atoms with Crippen LogP contribution in [-0.4, -0.2) is 38.4 Å². The van der Waals surface area contributed by atoms with Crippen LogP contribution in [0.4, 0.5) is 0 Å². The molecule has 2 aromatic heterocycles. The predicted octanol–water partition coefficient (Wildman–Crippen LogP) is 3.21. The van der Waals surface area contributed by atoms with Crippen LogP contribution in [0.25, 0.3) is 11.0 Å². The Hall–Kier alpha value is -2.21. The van der Waals surface area contributed by atoms with Crippen LogP contribution in [0.2, 0.25) is 0 Å². The molecule has 3 aromatic rings. The van der Waals surface area contributed by atoms with E-state index >= 15 is 0 Å². The molecule has 1 aliphatic heterocycles. The lowest BCUT2D eigenvalue weighted by Crippen LogP contribution is -2.39. The first kappa shape index (κ1) is 15.3. The fourth-order valence-electron chi connectivity index (χ4n) is 3.59. The van der Waals surface area contributed by atoms with Crippen LogP contribution in [0.5, 0.6) is 0 Å². The van der Waals surface area contributed by atoms with Gasteiger partial charge in [-0.25, -0.2) is 4.98 Å². The number of hydrogen-bond acceptors (Lipinski definition) is 4. The van der Waals surface area contributed by atoms with Crippen LogP contribution in [0.3, 0.4) is 0 Å². The summed E-state index contributed by atoms with van der Waals surface area (Å²) in [6.07, 6.45) is 4.23. The number of carbonyl (C=O) groups excluding carboxylic acids is 1. The molecule has 6 heteroatoms. The van der Waals surface area contributed by atoms with E-state index in [1.165, 1.54) is 5.52 Å². The monoisotopic (exact) mass is 340 g/mol. The van der Waals surface area contributed by atoms with E-state index in [1.54, 1.807) is 23.0 Å². The highest BCUT2D eigenvalue weighted by Crippen LogP contribution is 2.28. The summed E-state index contributed by atoms with van der Waals surface area (Å²) in [5, 5.41) is 0. The second-order valence-corrected chi connectivity index (χ2v) is 7.25. The van der Waals surface area contributed by atoms with Crippen LogP contribution in [0, 0.1) is 6.92 Å². The van der Waals surface area contributed by atoms with Crippen molar-refractivity contribution < 1.29 is 4.79 Å². The molecular weight excluding hydrogens is 320 g/mol. The number of piperidine rings is 1. The Bertz CT molecular complexity index is 847. The minimum Gasteiger partial charge on any atom is -0.342 e. The summed E-state index contributed by atoms with van der Waals surface area (Å²) in [6.45, 7) is 3.70. The molecule has 3 heterocycles. The zero-order valence-corrected chi connectivity index (χ0v) is 14.5. The minimum atomic E-state index is 0.213. The highest BCUT2D eigenvalue weighted by atomic mass is 32.1. The standard InChI is InChI=1S/C18H20N4OS/c1-13-20-16-4-2-3-5-17(16)22(13)14-6-8-21(9-7-14)18(23)10-15-11-19-12-24-15/h2-5,11-12,14H,6-10H2,1H3. The lowest BCUT2D eigenvalue weighted by Gasteiger charge is -2.33. The van der Waals surface area contributed by atoms with Gasteiger partial charge in [0.2, 0.25) is 5.91 Å². The summed E-state index contributed by atoms with van der Waals surface area (Å²) in [5.41, 5.74) is 4.03. The van der Waals surface area contributed by atoms with E-state index in [0.29, 0.717) is 12.5 Å². The maximum Gasteiger partial charge on any atom is 0.227 e. The maximum absolute atomic E-state index is 12.4. The number of likely N-dealkylation sites (tertiary alicyclic amines) is 1. The van der Waals surface area contributed by atoms with Gasteiger partial charge in [-0.1, -0.05) is 12.1 Å². The number of para-hydroxylation sites is 2. The summed E-state index contributed by atoms with van der Waals surface area (Å²) in [7, 11) is 0. The average Bonchev–Trinajstić information content (AvgIpc) is 3.21. The fraction of sp³-hybridized carbons (Fsp3) is 0.389. The lowest BCUT2D eigenvalue weighted by molar-refractivity contribution is -0.131. The van der Waals surface area contributed by atoms with Gasteiger partial charge in [0.25, 0.3) is 0 Å². The Morgan fingerprint density at radius 2 is 2.08 bits per heavy atom. The van der Waals surface area contributed by atoms with Crippen molar-refractivity contribution in [2.24, 2.45) is 0 Å². The number of rotatable bonds is 3. The quantitative estimate of drug-likeness (QED) is 0.736. The molecule has 124 valence electrons. The number of nitrogens with zero attached hydrogens (tertiary/aromatic N) is 4.